The summed E-state index contributed by atoms with van der Waals surface area (Å²) in [6.45, 7) is 4.07. The topological polar surface area (TPSA) is 115 Å². The minimum Gasteiger partial charge on any atom is -0.332 e. The molecule has 0 saturated heterocycles. The molecule has 3 aromatic carbocycles. The van der Waals surface area contributed by atoms with E-state index in [0.29, 0.717) is 15.7 Å². The number of halogens is 1. The Morgan fingerprint density at radius 1 is 1.11 bits per heavy atom. The first-order valence-electron chi connectivity index (χ1n) is 11.3. The number of nitro groups is 1. The smallest absolute Gasteiger partial charge is 0.270 e. The number of nitrogens with zero attached hydrogens (tertiary/aromatic N) is 4. The maximum atomic E-state index is 12.7. The molecular weight excluding hydrogens is 544 g/mol. The highest BCUT2D eigenvalue weighted by atomic mass is 79.9. The molecule has 0 atom stereocenters. The van der Waals surface area contributed by atoms with Crippen molar-refractivity contribution in [2.45, 2.75) is 33.1 Å². The summed E-state index contributed by atoms with van der Waals surface area (Å²) in [4.78, 5) is 24.7. The lowest BCUT2D eigenvalue weighted by atomic mass is 10.1. The average Bonchev–Trinajstić information content (AvgIpc) is 3.25. The van der Waals surface area contributed by atoms with Crippen molar-refractivity contribution in [1.29, 1.82) is 0 Å². The third-order valence-corrected chi connectivity index (χ3v) is 6.49. The summed E-state index contributed by atoms with van der Waals surface area (Å²) in [5.41, 5.74) is 4.96. The molecule has 0 aliphatic carbocycles. The molecule has 9 nitrogen and oxygen atoms in total. The number of hydrogen-bond acceptors (Lipinski definition) is 6. The number of anilines is 1. The predicted molar refractivity (Wildman–Crippen MR) is 147 cm³/mol. The molecule has 36 heavy (non-hydrogen) atoms. The van der Waals surface area contributed by atoms with Crippen LogP contribution >= 0.6 is 28.1 Å². The van der Waals surface area contributed by atoms with E-state index in [1.807, 2.05) is 31.2 Å². The van der Waals surface area contributed by atoms with Gasteiger partial charge >= 0.3 is 0 Å². The van der Waals surface area contributed by atoms with Gasteiger partial charge < -0.3 is 5.32 Å². The zero-order valence-electron chi connectivity index (χ0n) is 19.6. The van der Waals surface area contributed by atoms with Crippen LogP contribution in [0.5, 0.6) is 0 Å². The summed E-state index contributed by atoms with van der Waals surface area (Å²) in [5.74, 6) is -0.574. The highest BCUT2D eigenvalue weighted by molar-refractivity contribution is 9.10. The largest absolute Gasteiger partial charge is 0.332 e. The van der Waals surface area contributed by atoms with Crippen LogP contribution in [0.1, 0.15) is 41.3 Å². The van der Waals surface area contributed by atoms with Crippen molar-refractivity contribution < 1.29 is 9.72 Å². The van der Waals surface area contributed by atoms with Crippen LogP contribution in [0.25, 0.3) is 16.7 Å². The van der Waals surface area contributed by atoms with E-state index < -0.39 is 10.8 Å². The van der Waals surface area contributed by atoms with E-state index in [0.717, 1.165) is 36.0 Å². The zero-order valence-corrected chi connectivity index (χ0v) is 22.0. The standard InChI is InChI=1S/C25H23BrN6O3S/c1-3-4-5-16-6-8-17(9-7-16)31-29-22-12-15(2)21(14-23(22)30-31)27-25(36)28-24(33)19-13-18(32(34)35)10-11-20(19)26/h6-14H,3-5H2,1-2H3,(H2,27,28,33,36). The first-order chi connectivity index (χ1) is 17.2. The number of carbonyl (C=O) groups excluding carboxylic acids is 1. The maximum absolute atomic E-state index is 12.7. The van der Waals surface area contributed by atoms with E-state index in [2.05, 4.69) is 55.8 Å². The summed E-state index contributed by atoms with van der Waals surface area (Å²) in [5, 5.41) is 25.9. The summed E-state index contributed by atoms with van der Waals surface area (Å²) in [6.07, 6.45) is 3.36. The highest BCUT2D eigenvalue weighted by Crippen LogP contribution is 2.24. The van der Waals surface area contributed by atoms with E-state index in [1.54, 1.807) is 4.80 Å². The van der Waals surface area contributed by atoms with Crippen LogP contribution in [0.3, 0.4) is 0 Å². The van der Waals surface area contributed by atoms with Gasteiger partial charge in [-0.2, -0.15) is 4.80 Å². The zero-order chi connectivity index (χ0) is 25.8. The van der Waals surface area contributed by atoms with Crippen molar-refractivity contribution in [3.05, 3.63) is 85.9 Å². The van der Waals surface area contributed by atoms with E-state index in [9.17, 15) is 14.9 Å². The van der Waals surface area contributed by atoms with Crippen molar-refractivity contribution in [2.75, 3.05) is 5.32 Å². The predicted octanol–water partition coefficient (Wildman–Crippen LogP) is 5.87. The molecule has 0 unspecified atom stereocenters. The molecule has 0 spiro atoms. The summed E-state index contributed by atoms with van der Waals surface area (Å²) < 4.78 is 0.418. The number of nitro benzene ring substituents is 1. The number of hydrogen-bond donors (Lipinski definition) is 2. The summed E-state index contributed by atoms with van der Waals surface area (Å²) in [7, 11) is 0. The Labute approximate surface area is 221 Å². The number of amides is 1. The van der Waals surface area contributed by atoms with Crippen LogP contribution in [0, 0.1) is 17.0 Å². The lowest BCUT2D eigenvalue weighted by Crippen LogP contribution is -2.34. The fraction of sp³-hybridized carbons (Fsp3) is 0.200. The Morgan fingerprint density at radius 2 is 1.81 bits per heavy atom. The molecule has 0 fully saturated rings. The minimum absolute atomic E-state index is 0.0518. The van der Waals surface area contributed by atoms with Crippen molar-refractivity contribution in [2.24, 2.45) is 0 Å². The van der Waals surface area contributed by atoms with Gasteiger partial charge in [0.15, 0.2) is 5.11 Å². The lowest BCUT2D eigenvalue weighted by molar-refractivity contribution is -0.384. The van der Waals surface area contributed by atoms with E-state index >= 15 is 0 Å². The molecular formula is C25H23BrN6O3S. The quantitative estimate of drug-likeness (QED) is 0.163. The van der Waals surface area contributed by atoms with Gasteiger partial charge in [-0.05, 0) is 89.4 Å². The third kappa shape index (κ3) is 5.74. The molecule has 0 aliphatic heterocycles. The molecule has 0 saturated carbocycles. The van der Waals surface area contributed by atoms with Crippen LogP contribution < -0.4 is 10.6 Å². The summed E-state index contributed by atoms with van der Waals surface area (Å²) >= 11 is 8.56. The molecule has 0 aliphatic rings. The van der Waals surface area contributed by atoms with Gasteiger partial charge in [-0.1, -0.05) is 25.5 Å². The van der Waals surface area contributed by atoms with Crippen LogP contribution in [0.15, 0.2) is 59.1 Å². The average molecular weight is 567 g/mol. The monoisotopic (exact) mass is 566 g/mol. The second kappa shape index (κ2) is 10.9. The Balaban J connectivity index is 1.50. The number of nitrogens with one attached hydrogen (secondary N) is 2. The van der Waals surface area contributed by atoms with Crippen molar-refractivity contribution in [1.82, 2.24) is 20.3 Å². The number of benzene rings is 3. The maximum Gasteiger partial charge on any atom is 0.270 e. The van der Waals surface area contributed by atoms with Gasteiger partial charge in [-0.3, -0.25) is 20.2 Å². The fourth-order valence-corrected chi connectivity index (χ4v) is 4.25. The van der Waals surface area contributed by atoms with Crippen LogP contribution in [-0.2, 0) is 6.42 Å². The molecule has 0 radical (unpaired) electrons. The first-order valence-corrected chi connectivity index (χ1v) is 12.5. The van der Waals surface area contributed by atoms with Gasteiger partial charge in [-0.15, -0.1) is 10.2 Å². The Bertz CT molecular complexity index is 1470. The number of rotatable bonds is 7. The third-order valence-electron chi connectivity index (χ3n) is 5.59. The van der Waals surface area contributed by atoms with Crippen LogP contribution in [0.4, 0.5) is 11.4 Å². The van der Waals surface area contributed by atoms with Gasteiger partial charge in [0.2, 0.25) is 0 Å². The summed E-state index contributed by atoms with van der Waals surface area (Å²) in [6, 6.07) is 15.8. The van der Waals surface area contributed by atoms with E-state index in [-0.39, 0.29) is 16.4 Å². The van der Waals surface area contributed by atoms with Crippen molar-refractivity contribution in [3.8, 4) is 5.69 Å². The number of aromatic nitrogens is 3. The normalized spacial score (nSPS) is 10.9. The fourth-order valence-electron chi connectivity index (χ4n) is 3.62. The Kier molecular flexibility index (Phi) is 7.70. The molecule has 1 aromatic heterocycles. The minimum atomic E-state index is -0.574. The molecule has 4 rings (SSSR count). The van der Waals surface area contributed by atoms with Crippen molar-refractivity contribution in [3.63, 3.8) is 0 Å². The number of non-ortho nitro benzene ring substituents is 1. The van der Waals surface area contributed by atoms with Gasteiger partial charge in [0.25, 0.3) is 11.6 Å². The molecule has 184 valence electrons. The number of aryl methyl sites for hydroxylation is 2. The molecule has 0 bridgehead atoms. The second-order valence-corrected chi connectivity index (χ2v) is 9.51. The number of carbonyl (C=O) groups is 1. The van der Waals surface area contributed by atoms with Crippen molar-refractivity contribution >= 4 is 61.6 Å². The molecule has 1 amide bonds. The van der Waals surface area contributed by atoms with Gasteiger partial charge in [0.05, 0.1) is 16.2 Å². The van der Waals surface area contributed by atoms with E-state index in [4.69, 9.17) is 12.2 Å². The molecule has 1 heterocycles. The number of fused-ring (bicyclic) bond motifs is 1. The lowest BCUT2D eigenvalue weighted by Gasteiger charge is -2.12. The number of thiocarbonyl (C=S) groups is 1. The van der Waals surface area contributed by atoms with Gasteiger partial charge in [-0.25, -0.2) is 0 Å². The van der Waals surface area contributed by atoms with Gasteiger partial charge in [0.1, 0.15) is 11.0 Å². The van der Waals surface area contributed by atoms with Crippen LogP contribution in [-0.4, -0.2) is 30.9 Å². The highest BCUT2D eigenvalue weighted by Gasteiger charge is 2.17. The first kappa shape index (κ1) is 25.4. The SMILES string of the molecule is CCCCc1ccc(-n2nc3cc(C)c(NC(=S)NC(=O)c4cc([N+](=O)[O-])ccc4Br)cc3n2)cc1. The number of unbranched alkanes of at least 4 members (excludes halogenated alkanes) is 1. The molecule has 4 aromatic rings. The Hall–Kier alpha value is -3.70. The molecule has 11 heteroatoms. The Morgan fingerprint density at radius 3 is 2.47 bits per heavy atom. The second-order valence-electron chi connectivity index (χ2n) is 8.24. The molecule has 2 N–H and O–H groups in total. The van der Waals surface area contributed by atoms with Crippen LogP contribution in [0.2, 0.25) is 0 Å². The van der Waals surface area contributed by atoms with E-state index in [1.165, 1.54) is 23.8 Å². The van der Waals surface area contributed by atoms with Gasteiger partial charge in [0, 0.05) is 22.3 Å².